The summed E-state index contributed by atoms with van der Waals surface area (Å²) in [5.74, 6) is 0.955. The average molecular weight is 572 g/mol. The third kappa shape index (κ3) is 7.02. The van der Waals surface area contributed by atoms with Gasteiger partial charge >= 0.3 is 12.3 Å². The monoisotopic (exact) mass is 571 g/mol. The van der Waals surface area contributed by atoms with Gasteiger partial charge in [0.15, 0.2) is 5.69 Å². The van der Waals surface area contributed by atoms with Gasteiger partial charge in [0.05, 0.1) is 26.0 Å². The standard InChI is InChI=1S/C31H36F3N3O4/c1-3-40-30(38)29-27(37(36-35-29)19-21-9-14-25(39-2)15-10-21)17-20-7-11-22(12-8-20)24-13-16-28(41-31(32,33)34)26(18-24)23-5-4-6-23/h9-10,13-16,18,20,22-23H,3-8,11-12,17,19H2,1-2H3/t20-,22-. The fourth-order valence-corrected chi connectivity index (χ4v) is 5.97. The number of benzene rings is 2. The molecule has 0 radical (unpaired) electrons. The molecule has 3 aromatic rings. The quantitative estimate of drug-likeness (QED) is 0.240. The normalized spacial score (nSPS) is 19.4. The first-order valence-corrected chi connectivity index (χ1v) is 14.4. The fraction of sp³-hybridized carbons (Fsp3) is 0.516. The summed E-state index contributed by atoms with van der Waals surface area (Å²) in [4.78, 5) is 12.7. The van der Waals surface area contributed by atoms with E-state index < -0.39 is 12.3 Å². The highest BCUT2D eigenvalue weighted by molar-refractivity contribution is 5.88. The van der Waals surface area contributed by atoms with Gasteiger partial charge in [0.1, 0.15) is 11.5 Å². The Morgan fingerprint density at radius 3 is 2.34 bits per heavy atom. The Morgan fingerprint density at radius 2 is 1.73 bits per heavy atom. The van der Waals surface area contributed by atoms with Crippen molar-refractivity contribution in [1.29, 1.82) is 0 Å². The van der Waals surface area contributed by atoms with Gasteiger partial charge in [-0.1, -0.05) is 35.9 Å². The van der Waals surface area contributed by atoms with Crippen molar-refractivity contribution in [3.8, 4) is 11.5 Å². The predicted octanol–water partition coefficient (Wildman–Crippen LogP) is 7.19. The number of hydrogen-bond donors (Lipinski definition) is 0. The first-order chi connectivity index (χ1) is 19.7. The second-order valence-corrected chi connectivity index (χ2v) is 11.0. The van der Waals surface area contributed by atoms with Crippen LogP contribution in [-0.2, 0) is 17.7 Å². The molecule has 5 rings (SSSR count). The van der Waals surface area contributed by atoms with Crippen molar-refractivity contribution < 1.29 is 32.2 Å². The minimum absolute atomic E-state index is 0.0660. The molecule has 2 fully saturated rings. The van der Waals surface area contributed by atoms with E-state index in [-0.39, 0.29) is 29.9 Å². The zero-order valence-electron chi connectivity index (χ0n) is 23.5. The number of aromatic nitrogens is 3. The lowest BCUT2D eigenvalue weighted by molar-refractivity contribution is -0.275. The number of ether oxygens (including phenoxy) is 3. The van der Waals surface area contributed by atoms with Crippen LogP contribution in [0.1, 0.15) is 96.6 Å². The van der Waals surface area contributed by atoms with E-state index in [4.69, 9.17) is 9.47 Å². The van der Waals surface area contributed by atoms with Crippen LogP contribution in [0.3, 0.4) is 0 Å². The number of methoxy groups -OCH3 is 1. The van der Waals surface area contributed by atoms with Crippen LogP contribution in [0.15, 0.2) is 42.5 Å². The highest BCUT2D eigenvalue weighted by Crippen LogP contribution is 2.45. The lowest BCUT2D eigenvalue weighted by Gasteiger charge is -2.32. The second kappa shape index (κ2) is 12.5. The molecule has 2 aromatic carbocycles. The SMILES string of the molecule is CCOC(=O)c1nnn(Cc2ccc(OC)cc2)c1C[C@H]1CC[C@H](c2ccc(OC(F)(F)F)c(C3CCC3)c2)CC1. The molecule has 7 nitrogen and oxygen atoms in total. The van der Waals surface area contributed by atoms with Crippen LogP contribution in [-0.4, -0.2) is 41.0 Å². The number of halogens is 3. The highest BCUT2D eigenvalue weighted by atomic mass is 19.4. The molecule has 1 heterocycles. The number of esters is 1. The topological polar surface area (TPSA) is 75.5 Å². The van der Waals surface area contributed by atoms with E-state index >= 15 is 0 Å². The summed E-state index contributed by atoms with van der Waals surface area (Å²) in [5.41, 5.74) is 3.80. The molecule has 0 saturated heterocycles. The van der Waals surface area contributed by atoms with Crippen LogP contribution in [0.2, 0.25) is 0 Å². The van der Waals surface area contributed by atoms with Gasteiger partial charge in [-0.25, -0.2) is 9.48 Å². The van der Waals surface area contributed by atoms with Gasteiger partial charge in [0.2, 0.25) is 0 Å². The van der Waals surface area contributed by atoms with Crippen molar-refractivity contribution in [2.45, 2.75) is 83.0 Å². The molecular weight excluding hydrogens is 535 g/mol. The van der Waals surface area contributed by atoms with Crippen LogP contribution >= 0.6 is 0 Å². The molecule has 0 N–H and O–H groups in total. The summed E-state index contributed by atoms with van der Waals surface area (Å²) in [6, 6.07) is 12.9. The summed E-state index contributed by atoms with van der Waals surface area (Å²) >= 11 is 0. The van der Waals surface area contributed by atoms with E-state index in [0.29, 0.717) is 24.4 Å². The molecule has 1 aromatic heterocycles. The smallest absolute Gasteiger partial charge is 0.497 e. The number of carbonyl (C=O) groups excluding carboxylic acids is 1. The minimum Gasteiger partial charge on any atom is -0.497 e. The van der Waals surface area contributed by atoms with Crippen LogP contribution in [0.5, 0.6) is 11.5 Å². The van der Waals surface area contributed by atoms with Crippen molar-refractivity contribution in [2.75, 3.05) is 13.7 Å². The van der Waals surface area contributed by atoms with E-state index in [1.54, 1.807) is 24.8 Å². The predicted molar refractivity (Wildman–Crippen MR) is 146 cm³/mol. The van der Waals surface area contributed by atoms with Gasteiger partial charge in [0, 0.05) is 0 Å². The third-order valence-electron chi connectivity index (χ3n) is 8.40. The average Bonchev–Trinajstić information content (AvgIpc) is 3.31. The zero-order valence-corrected chi connectivity index (χ0v) is 23.5. The fourth-order valence-electron chi connectivity index (χ4n) is 5.97. The maximum absolute atomic E-state index is 13.0. The molecule has 220 valence electrons. The Bertz CT molecular complexity index is 1330. The Balaban J connectivity index is 1.29. The molecule has 0 amide bonds. The molecule has 2 saturated carbocycles. The first kappa shape index (κ1) is 29.0. The van der Waals surface area contributed by atoms with E-state index in [1.807, 2.05) is 30.3 Å². The van der Waals surface area contributed by atoms with Crippen molar-refractivity contribution in [3.05, 3.63) is 70.5 Å². The Labute approximate surface area is 238 Å². The van der Waals surface area contributed by atoms with Gasteiger partial charge in [-0.15, -0.1) is 18.3 Å². The lowest BCUT2D eigenvalue weighted by atomic mass is 9.74. The molecule has 41 heavy (non-hydrogen) atoms. The molecule has 0 bridgehead atoms. The molecule has 0 unspecified atom stereocenters. The molecule has 0 atom stereocenters. The molecule has 2 aliphatic carbocycles. The Hall–Kier alpha value is -3.56. The maximum Gasteiger partial charge on any atom is 0.573 e. The number of alkyl halides is 3. The minimum atomic E-state index is -4.70. The van der Waals surface area contributed by atoms with Crippen molar-refractivity contribution in [1.82, 2.24) is 15.0 Å². The van der Waals surface area contributed by atoms with E-state index in [1.165, 1.54) is 6.07 Å². The molecular formula is C31H36F3N3O4. The summed E-state index contributed by atoms with van der Waals surface area (Å²) in [5, 5.41) is 8.49. The van der Waals surface area contributed by atoms with Crippen LogP contribution < -0.4 is 9.47 Å². The third-order valence-corrected chi connectivity index (χ3v) is 8.40. The van der Waals surface area contributed by atoms with E-state index in [2.05, 4.69) is 15.0 Å². The first-order valence-electron chi connectivity index (χ1n) is 14.4. The van der Waals surface area contributed by atoms with Crippen molar-refractivity contribution in [2.24, 2.45) is 5.92 Å². The Kier molecular flexibility index (Phi) is 8.85. The van der Waals surface area contributed by atoms with Crippen LogP contribution in [0.25, 0.3) is 0 Å². The second-order valence-electron chi connectivity index (χ2n) is 11.0. The van der Waals surface area contributed by atoms with Crippen molar-refractivity contribution >= 4 is 5.97 Å². The van der Waals surface area contributed by atoms with E-state index in [0.717, 1.165) is 67.5 Å². The van der Waals surface area contributed by atoms with Crippen molar-refractivity contribution in [3.63, 3.8) is 0 Å². The van der Waals surface area contributed by atoms with Gasteiger partial charge in [-0.2, -0.15) is 0 Å². The number of rotatable bonds is 10. The maximum atomic E-state index is 13.0. The largest absolute Gasteiger partial charge is 0.573 e. The highest BCUT2D eigenvalue weighted by Gasteiger charge is 2.35. The molecule has 0 aliphatic heterocycles. The summed E-state index contributed by atoms with van der Waals surface area (Å²) in [7, 11) is 1.62. The van der Waals surface area contributed by atoms with Gasteiger partial charge in [-0.3, -0.25) is 0 Å². The molecule has 10 heteroatoms. The summed E-state index contributed by atoms with van der Waals surface area (Å²) in [6.45, 7) is 2.49. The summed E-state index contributed by atoms with van der Waals surface area (Å²) < 4.78 is 55.6. The van der Waals surface area contributed by atoms with Crippen LogP contribution in [0, 0.1) is 5.92 Å². The van der Waals surface area contributed by atoms with E-state index in [9.17, 15) is 18.0 Å². The molecule has 0 spiro atoms. The van der Waals surface area contributed by atoms with Gasteiger partial charge in [-0.05, 0) is 105 Å². The van der Waals surface area contributed by atoms with Crippen LogP contribution in [0.4, 0.5) is 13.2 Å². The number of nitrogens with zero attached hydrogens (tertiary/aromatic N) is 3. The number of hydrogen-bond acceptors (Lipinski definition) is 6. The van der Waals surface area contributed by atoms with Gasteiger partial charge in [0.25, 0.3) is 0 Å². The summed E-state index contributed by atoms with van der Waals surface area (Å²) in [6.07, 6.45) is 2.47. The molecule has 2 aliphatic rings. The Morgan fingerprint density at radius 1 is 1.00 bits per heavy atom. The van der Waals surface area contributed by atoms with Gasteiger partial charge < -0.3 is 14.2 Å². The zero-order chi connectivity index (χ0) is 29.0. The lowest BCUT2D eigenvalue weighted by Crippen LogP contribution is -2.21. The number of carbonyl (C=O) groups is 1.